The summed E-state index contributed by atoms with van der Waals surface area (Å²) in [6.45, 7) is 4.26. The minimum Gasteiger partial charge on any atom is -0.364 e. The average molecular weight is 237 g/mol. The standard InChI is InChI=1S/C12H19N3O2/c1-10(13-9-11-5-8-17-14-11)12(16)15-6-3-2-4-7-15/h5,8,10,13H,2-4,6-7,9H2,1H3. The van der Waals surface area contributed by atoms with Crippen molar-refractivity contribution in [3.05, 3.63) is 18.0 Å². The van der Waals surface area contributed by atoms with Crippen LogP contribution in [0.25, 0.3) is 0 Å². The zero-order valence-electron chi connectivity index (χ0n) is 10.2. The SMILES string of the molecule is CC(NCc1ccon1)C(=O)N1CCCCC1. The summed E-state index contributed by atoms with van der Waals surface area (Å²) in [5.41, 5.74) is 0.822. The Hall–Kier alpha value is -1.36. The Kier molecular flexibility index (Phi) is 4.14. The molecule has 1 aliphatic heterocycles. The number of carbonyl (C=O) groups excluding carboxylic acids is 1. The van der Waals surface area contributed by atoms with Crippen LogP contribution in [0.1, 0.15) is 31.9 Å². The Labute approximate surface area is 101 Å². The maximum absolute atomic E-state index is 12.1. The van der Waals surface area contributed by atoms with Crippen LogP contribution >= 0.6 is 0 Å². The molecule has 5 nitrogen and oxygen atoms in total. The van der Waals surface area contributed by atoms with Gasteiger partial charge in [0.2, 0.25) is 5.91 Å². The quantitative estimate of drug-likeness (QED) is 0.854. The molecule has 0 bridgehead atoms. The number of hydrogen-bond donors (Lipinski definition) is 1. The van der Waals surface area contributed by atoms with Crippen LogP contribution in [0.5, 0.6) is 0 Å². The molecule has 1 aliphatic rings. The van der Waals surface area contributed by atoms with Gasteiger partial charge in [-0.2, -0.15) is 0 Å². The molecule has 1 aromatic heterocycles. The predicted octanol–water partition coefficient (Wildman–Crippen LogP) is 1.17. The maximum Gasteiger partial charge on any atom is 0.239 e. The number of hydrogen-bond acceptors (Lipinski definition) is 4. The Morgan fingerprint density at radius 3 is 2.94 bits per heavy atom. The number of carbonyl (C=O) groups is 1. The molecule has 0 aliphatic carbocycles. The minimum atomic E-state index is -0.162. The third-order valence-corrected chi connectivity index (χ3v) is 3.12. The van der Waals surface area contributed by atoms with E-state index < -0.39 is 0 Å². The molecular weight excluding hydrogens is 218 g/mol. The summed E-state index contributed by atoms with van der Waals surface area (Å²) in [6, 6.07) is 1.63. The molecule has 17 heavy (non-hydrogen) atoms. The first-order valence-corrected chi connectivity index (χ1v) is 6.19. The number of nitrogens with one attached hydrogen (secondary N) is 1. The Bertz CT molecular complexity index is 345. The summed E-state index contributed by atoms with van der Waals surface area (Å²) in [4.78, 5) is 14.0. The van der Waals surface area contributed by atoms with E-state index in [1.165, 1.54) is 12.7 Å². The van der Waals surface area contributed by atoms with E-state index in [-0.39, 0.29) is 11.9 Å². The first-order valence-electron chi connectivity index (χ1n) is 6.19. The van der Waals surface area contributed by atoms with E-state index in [0.717, 1.165) is 31.6 Å². The van der Waals surface area contributed by atoms with E-state index in [1.807, 2.05) is 11.8 Å². The smallest absolute Gasteiger partial charge is 0.239 e. The highest BCUT2D eigenvalue weighted by molar-refractivity contribution is 5.81. The lowest BCUT2D eigenvalue weighted by atomic mass is 10.1. The number of amides is 1. The van der Waals surface area contributed by atoms with E-state index in [2.05, 4.69) is 10.5 Å². The third-order valence-electron chi connectivity index (χ3n) is 3.12. The van der Waals surface area contributed by atoms with Crippen LogP contribution < -0.4 is 5.32 Å². The highest BCUT2D eigenvalue weighted by Gasteiger charge is 2.21. The Morgan fingerprint density at radius 2 is 2.29 bits per heavy atom. The van der Waals surface area contributed by atoms with Gasteiger partial charge in [-0.1, -0.05) is 5.16 Å². The van der Waals surface area contributed by atoms with Crippen molar-refractivity contribution in [1.29, 1.82) is 0 Å². The first-order chi connectivity index (χ1) is 8.27. The van der Waals surface area contributed by atoms with Gasteiger partial charge in [-0.25, -0.2) is 0 Å². The molecule has 1 amide bonds. The molecule has 2 heterocycles. The topological polar surface area (TPSA) is 58.4 Å². The van der Waals surface area contributed by atoms with Gasteiger partial charge < -0.3 is 14.7 Å². The monoisotopic (exact) mass is 237 g/mol. The lowest BCUT2D eigenvalue weighted by Gasteiger charge is -2.29. The van der Waals surface area contributed by atoms with Crippen LogP contribution in [0.4, 0.5) is 0 Å². The molecule has 5 heteroatoms. The van der Waals surface area contributed by atoms with E-state index in [9.17, 15) is 4.79 Å². The normalized spacial score (nSPS) is 18.1. The molecule has 0 radical (unpaired) electrons. The molecule has 1 fully saturated rings. The second-order valence-corrected chi connectivity index (χ2v) is 4.48. The molecular formula is C12H19N3O2. The average Bonchev–Trinajstić information content (AvgIpc) is 2.89. The molecule has 1 unspecified atom stereocenters. The van der Waals surface area contributed by atoms with E-state index in [1.54, 1.807) is 6.07 Å². The number of aromatic nitrogens is 1. The fourth-order valence-electron chi connectivity index (χ4n) is 2.06. The predicted molar refractivity (Wildman–Crippen MR) is 63.2 cm³/mol. The molecule has 94 valence electrons. The van der Waals surface area contributed by atoms with Crippen molar-refractivity contribution in [2.75, 3.05) is 13.1 Å². The molecule has 0 saturated carbocycles. The van der Waals surface area contributed by atoms with Crippen molar-refractivity contribution in [3.8, 4) is 0 Å². The summed E-state index contributed by atoms with van der Waals surface area (Å²) < 4.78 is 4.74. The van der Waals surface area contributed by atoms with E-state index in [0.29, 0.717) is 6.54 Å². The van der Waals surface area contributed by atoms with Gasteiger partial charge in [-0.3, -0.25) is 4.79 Å². The van der Waals surface area contributed by atoms with Gasteiger partial charge in [-0.05, 0) is 26.2 Å². The third kappa shape index (κ3) is 3.30. The van der Waals surface area contributed by atoms with Crippen molar-refractivity contribution in [3.63, 3.8) is 0 Å². The van der Waals surface area contributed by atoms with Crippen LogP contribution in [0.3, 0.4) is 0 Å². The largest absolute Gasteiger partial charge is 0.364 e. The molecule has 0 spiro atoms. The zero-order chi connectivity index (χ0) is 12.1. The van der Waals surface area contributed by atoms with Crippen molar-refractivity contribution in [2.24, 2.45) is 0 Å². The number of likely N-dealkylation sites (tertiary alicyclic amines) is 1. The fourth-order valence-corrected chi connectivity index (χ4v) is 2.06. The maximum atomic E-state index is 12.1. The highest BCUT2D eigenvalue weighted by Crippen LogP contribution is 2.10. The van der Waals surface area contributed by atoms with Crippen LogP contribution in [0, 0.1) is 0 Å². The van der Waals surface area contributed by atoms with Gasteiger partial charge in [0.1, 0.15) is 6.26 Å². The second-order valence-electron chi connectivity index (χ2n) is 4.48. The van der Waals surface area contributed by atoms with Crippen molar-refractivity contribution >= 4 is 5.91 Å². The fraction of sp³-hybridized carbons (Fsp3) is 0.667. The molecule has 1 saturated heterocycles. The molecule has 1 N–H and O–H groups in total. The summed E-state index contributed by atoms with van der Waals surface area (Å²) in [5, 5.41) is 6.97. The number of nitrogens with zero attached hydrogens (tertiary/aromatic N) is 2. The van der Waals surface area contributed by atoms with Crippen LogP contribution in [0.15, 0.2) is 16.9 Å². The van der Waals surface area contributed by atoms with Gasteiger partial charge >= 0.3 is 0 Å². The minimum absolute atomic E-state index is 0.162. The van der Waals surface area contributed by atoms with Crippen LogP contribution in [-0.4, -0.2) is 35.1 Å². The van der Waals surface area contributed by atoms with Gasteiger partial charge in [0.25, 0.3) is 0 Å². The summed E-state index contributed by atoms with van der Waals surface area (Å²) >= 11 is 0. The number of piperidine rings is 1. The summed E-state index contributed by atoms with van der Waals surface area (Å²) in [5.74, 6) is 0.188. The zero-order valence-corrected chi connectivity index (χ0v) is 10.2. The van der Waals surface area contributed by atoms with Crippen molar-refractivity contribution in [1.82, 2.24) is 15.4 Å². The summed E-state index contributed by atoms with van der Waals surface area (Å²) in [7, 11) is 0. The Balaban J connectivity index is 1.78. The van der Waals surface area contributed by atoms with Crippen molar-refractivity contribution < 1.29 is 9.32 Å². The molecule has 1 atom stereocenters. The van der Waals surface area contributed by atoms with Gasteiger partial charge in [0, 0.05) is 25.7 Å². The lowest BCUT2D eigenvalue weighted by molar-refractivity contribution is -0.133. The number of rotatable bonds is 4. The van der Waals surface area contributed by atoms with Crippen LogP contribution in [0.2, 0.25) is 0 Å². The van der Waals surface area contributed by atoms with Gasteiger partial charge in [-0.15, -0.1) is 0 Å². The first kappa shape index (κ1) is 12.1. The second kappa shape index (κ2) is 5.82. The van der Waals surface area contributed by atoms with Gasteiger partial charge in [0.15, 0.2) is 0 Å². The van der Waals surface area contributed by atoms with Crippen LogP contribution in [-0.2, 0) is 11.3 Å². The lowest BCUT2D eigenvalue weighted by Crippen LogP contribution is -2.46. The van der Waals surface area contributed by atoms with Crippen molar-refractivity contribution in [2.45, 2.75) is 38.8 Å². The van der Waals surface area contributed by atoms with Gasteiger partial charge in [0.05, 0.1) is 11.7 Å². The highest BCUT2D eigenvalue weighted by atomic mass is 16.5. The molecule has 1 aromatic rings. The molecule has 0 aromatic carbocycles. The summed E-state index contributed by atoms with van der Waals surface area (Å²) in [6.07, 6.45) is 5.03. The molecule has 2 rings (SSSR count). The Morgan fingerprint density at radius 1 is 1.53 bits per heavy atom. The van der Waals surface area contributed by atoms with E-state index >= 15 is 0 Å². The van der Waals surface area contributed by atoms with E-state index in [4.69, 9.17) is 4.52 Å².